The first-order valence-electron chi connectivity index (χ1n) is 14.1. The lowest BCUT2D eigenvalue weighted by Crippen LogP contribution is -2.10. The Bertz CT molecular complexity index is 1720. The second-order valence-electron chi connectivity index (χ2n) is 10.6. The van der Waals surface area contributed by atoms with Crippen molar-refractivity contribution >= 4 is 34.1 Å². The third kappa shape index (κ3) is 5.78. The molecule has 0 fully saturated rings. The van der Waals surface area contributed by atoms with Crippen LogP contribution in [0, 0.1) is 20.8 Å². The molecule has 0 radical (unpaired) electrons. The zero-order chi connectivity index (χ0) is 28.2. The highest BCUT2D eigenvalue weighted by Crippen LogP contribution is 2.38. The van der Waals surface area contributed by atoms with Gasteiger partial charge in [-0.2, -0.15) is 0 Å². The maximum Gasteiger partial charge on any atom is 0.0464 e. The number of rotatable bonds is 7. The van der Waals surface area contributed by atoms with Crippen molar-refractivity contribution in [1.82, 2.24) is 0 Å². The van der Waals surface area contributed by atoms with Crippen molar-refractivity contribution in [2.45, 2.75) is 20.8 Å². The van der Waals surface area contributed by atoms with Gasteiger partial charge < -0.3 is 9.80 Å². The minimum atomic E-state index is 1.13. The molecule has 200 valence electrons. The number of benzene rings is 6. The average Bonchev–Trinajstić information content (AvgIpc) is 3.01. The predicted molar refractivity (Wildman–Crippen MR) is 175 cm³/mol. The van der Waals surface area contributed by atoms with E-state index in [0.717, 1.165) is 34.1 Å². The Morgan fingerprint density at radius 1 is 0.293 bits per heavy atom. The second-order valence-corrected chi connectivity index (χ2v) is 10.6. The van der Waals surface area contributed by atoms with Crippen molar-refractivity contribution in [1.29, 1.82) is 0 Å². The molecule has 0 saturated heterocycles. The Labute approximate surface area is 243 Å². The van der Waals surface area contributed by atoms with Gasteiger partial charge in [-0.05, 0) is 110 Å². The fraction of sp³-hybridized carbons (Fsp3) is 0.0769. The fourth-order valence-corrected chi connectivity index (χ4v) is 5.23. The first-order valence-corrected chi connectivity index (χ1v) is 14.1. The van der Waals surface area contributed by atoms with Crippen molar-refractivity contribution in [2.75, 3.05) is 9.80 Å². The van der Waals surface area contributed by atoms with Crippen LogP contribution in [-0.4, -0.2) is 0 Å². The van der Waals surface area contributed by atoms with Gasteiger partial charge in [-0.15, -0.1) is 0 Å². The molecular weight excluding hydrogens is 496 g/mol. The van der Waals surface area contributed by atoms with E-state index >= 15 is 0 Å². The molecule has 2 nitrogen and oxygen atoms in total. The molecule has 0 spiro atoms. The van der Waals surface area contributed by atoms with Crippen LogP contribution in [0.3, 0.4) is 0 Å². The molecule has 0 bridgehead atoms. The summed E-state index contributed by atoms with van der Waals surface area (Å²) in [5.74, 6) is 0. The minimum Gasteiger partial charge on any atom is -0.311 e. The van der Waals surface area contributed by atoms with Gasteiger partial charge in [0.25, 0.3) is 0 Å². The van der Waals surface area contributed by atoms with Gasteiger partial charge in [0.2, 0.25) is 0 Å². The van der Waals surface area contributed by atoms with Gasteiger partial charge in [0.15, 0.2) is 0 Å². The quantitative estimate of drug-likeness (QED) is 0.202. The van der Waals surface area contributed by atoms with Crippen LogP contribution in [0.5, 0.6) is 0 Å². The van der Waals surface area contributed by atoms with Crippen molar-refractivity contribution in [2.24, 2.45) is 0 Å². The van der Waals surface area contributed by atoms with Crippen molar-refractivity contribution in [3.63, 3.8) is 0 Å². The standard InChI is InChI=1S/C39H34N2/c1-29-12-20-35(21-13-29)40(34-9-5-4-6-10-34)37-24-16-32(17-25-37)33-18-26-38(27-19-33)41(36-22-14-30(2)15-23-36)39-11-7-8-31(3)28-39/h4-28H,1-3H3. The number of anilines is 6. The Morgan fingerprint density at radius 3 is 1.10 bits per heavy atom. The number of nitrogens with zero attached hydrogens (tertiary/aromatic N) is 2. The predicted octanol–water partition coefficient (Wildman–Crippen LogP) is 11.2. The lowest BCUT2D eigenvalue weighted by atomic mass is 10.0. The molecular formula is C39H34N2. The van der Waals surface area contributed by atoms with Crippen LogP contribution in [0.25, 0.3) is 11.1 Å². The second kappa shape index (κ2) is 11.6. The molecule has 2 heteroatoms. The summed E-state index contributed by atoms with van der Waals surface area (Å²) in [5, 5.41) is 0. The first-order chi connectivity index (χ1) is 20.0. The van der Waals surface area contributed by atoms with E-state index in [1.807, 2.05) is 0 Å². The van der Waals surface area contributed by atoms with Crippen LogP contribution in [0.2, 0.25) is 0 Å². The zero-order valence-electron chi connectivity index (χ0n) is 23.8. The van der Waals surface area contributed by atoms with Gasteiger partial charge in [0.1, 0.15) is 0 Å². The van der Waals surface area contributed by atoms with E-state index in [1.165, 1.54) is 27.8 Å². The summed E-state index contributed by atoms with van der Waals surface area (Å²) in [5.41, 5.74) is 13.0. The van der Waals surface area contributed by atoms with Crippen LogP contribution in [-0.2, 0) is 0 Å². The molecule has 0 saturated carbocycles. The summed E-state index contributed by atoms with van der Waals surface area (Å²) < 4.78 is 0. The van der Waals surface area contributed by atoms with Crippen molar-refractivity contribution in [3.8, 4) is 11.1 Å². The highest BCUT2D eigenvalue weighted by molar-refractivity contribution is 5.80. The van der Waals surface area contributed by atoms with E-state index in [1.54, 1.807) is 0 Å². The molecule has 0 aromatic heterocycles. The topological polar surface area (TPSA) is 6.48 Å². The van der Waals surface area contributed by atoms with Crippen molar-refractivity contribution < 1.29 is 0 Å². The molecule has 0 N–H and O–H groups in total. The molecule has 0 atom stereocenters. The van der Waals surface area contributed by atoms with Crippen LogP contribution in [0.1, 0.15) is 16.7 Å². The van der Waals surface area contributed by atoms with Gasteiger partial charge in [-0.1, -0.05) is 90.0 Å². The molecule has 0 heterocycles. The van der Waals surface area contributed by atoms with Gasteiger partial charge >= 0.3 is 0 Å². The van der Waals surface area contributed by atoms with E-state index in [0.29, 0.717) is 0 Å². The molecule has 0 unspecified atom stereocenters. The monoisotopic (exact) mass is 530 g/mol. The number of hydrogen-bond donors (Lipinski definition) is 0. The molecule has 6 aromatic carbocycles. The van der Waals surface area contributed by atoms with E-state index in [-0.39, 0.29) is 0 Å². The van der Waals surface area contributed by atoms with Gasteiger partial charge in [0.05, 0.1) is 0 Å². The fourth-order valence-electron chi connectivity index (χ4n) is 5.23. The maximum absolute atomic E-state index is 2.32. The van der Waals surface area contributed by atoms with Gasteiger partial charge in [-0.25, -0.2) is 0 Å². The lowest BCUT2D eigenvalue weighted by Gasteiger charge is -2.26. The molecule has 0 aliphatic heterocycles. The van der Waals surface area contributed by atoms with E-state index < -0.39 is 0 Å². The molecule has 0 amide bonds. The van der Waals surface area contributed by atoms with E-state index in [9.17, 15) is 0 Å². The zero-order valence-corrected chi connectivity index (χ0v) is 23.8. The highest BCUT2D eigenvalue weighted by Gasteiger charge is 2.14. The van der Waals surface area contributed by atoms with E-state index in [4.69, 9.17) is 0 Å². The van der Waals surface area contributed by atoms with Gasteiger partial charge in [0, 0.05) is 34.1 Å². The van der Waals surface area contributed by atoms with Crippen LogP contribution < -0.4 is 9.80 Å². The SMILES string of the molecule is Cc1ccc(N(c2ccccc2)c2ccc(-c3ccc(N(c4ccc(C)cc4)c4cccc(C)c4)cc3)cc2)cc1. The van der Waals surface area contributed by atoms with E-state index in [2.05, 4.69) is 182 Å². The Hall–Kier alpha value is -5.08. The highest BCUT2D eigenvalue weighted by atomic mass is 15.1. The molecule has 41 heavy (non-hydrogen) atoms. The number of para-hydroxylation sites is 1. The maximum atomic E-state index is 2.32. The smallest absolute Gasteiger partial charge is 0.0464 e. The van der Waals surface area contributed by atoms with Gasteiger partial charge in [-0.3, -0.25) is 0 Å². The number of hydrogen-bond acceptors (Lipinski definition) is 2. The summed E-state index contributed by atoms with van der Waals surface area (Å²) >= 11 is 0. The summed E-state index contributed by atoms with van der Waals surface area (Å²) in [4.78, 5) is 4.62. The summed E-state index contributed by atoms with van der Waals surface area (Å²) in [7, 11) is 0. The summed E-state index contributed by atoms with van der Waals surface area (Å²) in [6.07, 6.45) is 0. The molecule has 6 aromatic rings. The third-order valence-electron chi connectivity index (χ3n) is 7.44. The molecule has 0 aliphatic rings. The normalized spacial score (nSPS) is 10.8. The largest absolute Gasteiger partial charge is 0.311 e. The van der Waals surface area contributed by atoms with Crippen molar-refractivity contribution in [3.05, 3.63) is 168 Å². The Balaban J connectivity index is 1.32. The lowest BCUT2D eigenvalue weighted by molar-refractivity contribution is 1.26. The molecule has 6 rings (SSSR count). The third-order valence-corrected chi connectivity index (χ3v) is 7.44. The molecule has 0 aliphatic carbocycles. The first kappa shape index (κ1) is 26.2. The minimum absolute atomic E-state index is 1.13. The van der Waals surface area contributed by atoms with Crippen LogP contribution >= 0.6 is 0 Å². The average molecular weight is 531 g/mol. The van der Waals surface area contributed by atoms with Crippen LogP contribution in [0.15, 0.2) is 152 Å². The Morgan fingerprint density at radius 2 is 0.659 bits per heavy atom. The Kier molecular flexibility index (Phi) is 7.38. The van der Waals surface area contributed by atoms with Crippen LogP contribution in [0.4, 0.5) is 34.1 Å². The summed E-state index contributed by atoms with van der Waals surface area (Å²) in [6, 6.07) is 54.3. The summed E-state index contributed by atoms with van der Waals surface area (Å²) in [6.45, 7) is 6.39. The number of aryl methyl sites for hydroxylation is 3.